The molecule has 0 radical (unpaired) electrons. The van der Waals surface area contributed by atoms with Gasteiger partial charge in [-0.05, 0) is 43.3 Å². The molecule has 1 N–H and O–H groups in total. The Morgan fingerprint density at radius 3 is 2.21 bits per heavy atom. The molecule has 2 aromatic rings. The van der Waals surface area contributed by atoms with Crippen molar-refractivity contribution in [1.29, 1.82) is 0 Å². The number of rotatable bonds is 8. The highest BCUT2D eigenvalue weighted by atomic mass is 28.4. The second-order valence-corrected chi connectivity index (χ2v) is 12.1. The number of hydrogen-bond acceptors (Lipinski definition) is 3. The monoisotopic (exact) mass is 342 g/mol. The molecule has 0 spiro atoms. The van der Waals surface area contributed by atoms with Gasteiger partial charge in [0.1, 0.15) is 0 Å². The third-order valence-electron chi connectivity index (χ3n) is 4.00. The summed E-state index contributed by atoms with van der Waals surface area (Å²) in [7, 11) is -1.53. The van der Waals surface area contributed by atoms with Gasteiger partial charge in [0.25, 0.3) is 0 Å². The summed E-state index contributed by atoms with van der Waals surface area (Å²) in [6.45, 7) is 11.9. The van der Waals surface area contributed by atoms with E-state index in [-0.39, 0.29) is 12.1 Å². The largest absolute Gasteiger partial charge is 0.416 e. The second-order valence-electron chi connectivity index (χ2n) is 7.54. The van der Waals surface area contributed by atoms with Crippen molar-refractivity contribution in [2.24, 2.45) is 5.92 Å². The Labute approximate surface area is 147 Å². The molecular formula is C20H30N2OSi. The summed E-state index contributed by atoms with van der Waals surface area (Å²) in [5.74, 6) is 0.483. The first-order valence-electron chi connectivity index (χ1n) is 8.72. The molecule has 1 aromatic carbocycles. The van der Waals surface area contributed by atoms with Crippen LogP contribution in [0.5, 0.6) is 0 Å². The maximum Gasteiger partial charge on any atom is 0.183 e. The Kier molecular flexibility index (Phi) is 6.72. The Morgan fingerprint density at radius 2 is 1.67 bits per heavy atom. The van der Waals surface area contributed by atoms with Crippen LogP contribution in [-0.4, -0.2) is 26.0 Å². The molecule has 3 nitrogen and oxygen atoms in total. The van der Waals surface area contributed by atoms with Crippen molar-refractivity contribution in [3.8, 4) is 0 Å². The Hall–Kier alpha value is -1.49. The SMILES string of the molecule is CC(C)[C@@H](CO[Si](C)(C)C)N[C@@H](c1ccccc1)c1ccccn1. The molecule has 0 unspecified atom stereocenters. The number of aromatic nitrogens is 1. The molecule has 0 saturated heterocycles. The molecule has 24 heavy (non-hydrogen) atoms. The van der Waals surface area contributed by atoms with Crippen LogP contribution in [0.1, 0.15) is 31.1 Å². The van der Waals surface area contributed by atoms with Gasteiger partial charge >= 0.3 is 0 Å². The topological polar surface area (TPSA) is 34.1 Å². The van der Waals surface area contributed by atoms with Gasteiger partial charge in [-0.3, -0.25) is 10.3 Å². The van der Waals surface area contributed by atoms with Crippen LogP contribution in [0.25, 0.3) is 0 Å². The van der Waals surface area contributed by atoms with Crippen molar-refractivity contribution in [3.63, 3.8) is 0 Å². The van der Waals surface area contributed by atoms with Crippen molar-refractivity contribution >= 4 is 8.32 Å². The first kappa shape index (κ1) is 18.8. The summed E-state index contributed by atoms with van der Waals surface area (Å²) in [5.41, 5.74) is 2.28. The zero-order valence-electron chi connectivity index (χ0n) is 15.5. The molecule has 1 aromatic heterocycles. The van der Waals surface area contributed by atoms with E-state index in [0.29, 0.717) is 5.92 Å². The molecule has 0 aliphatic carbocycles. The lowest BCUT2D eigenvalue weighted by Crippen LogP contribution is -2.43. The van der Waals surface area contributed by atoms with E-state index < -0.39 is 8.32 Å². The maximum atomic E-state index is 6.18. The van der Waals surface area contributed by atoms with Crippen LogP contribution < -0.4 is 5.32 Å². The average molecular weight is 343 g/mol. The highest BCUT2D eigenvalue weighted by Gasteiger charge is 2.24. The van der Waals surface area contributed by atoms with E-state index in [1.165, 1.54) is 5.56 Å². The summed E-state index contributed by atoms with van der Waals surface area (Å²) < 4.78 is 6.18. The number of pyridine rings is 1. The lowest BCUT2D eigenvalue weighted by molar-refractivity contribution is 0.216. The van der Waals surface area contributed by atoms with Gasteiger partial charge in [-0.1, -0.05) is 50.2 Å². The summed E-state index contributed by atoms with van der Waals surface area (Å²) in [6.07, 6.45) is 1.86. The normalized spacial score (nSPS) is 14.6. The second kappa shape index (κ2) is 8.56. The minimum atomic E-state index is -1.53. The van der Waals surface area contributed by atoms with E-state index in [2.05, 4.69) is 74.1 Å². The fourth-order valence-electron chi connectivity index (χ4n) is 2.53. The van der Waals surface area contributed by atoms with Gasteiger partial charge in [-0.25, -0.2) is 0 Å². The molecule has 2 atom stereocenters. The average Bonchev–Trinajstić information content (AvgIpc) is 2.55. The number of hydrogen-bond donors (Lipinski definition) is 1. The number of nitrogens with zero attached hydrogens (tertiary/aromatic N) is 1. The molecule has 0 amide bonds. The predicted molar refractivity (Wildman–Crippen MR) is 104 cm³/mol. The van der Waals surface area contributed by atoms with E-state index in [1.807, 2.05) is 24.4 Å². The molecule has 2 rings (SSSR count). The smallest absolute Gasteiger partial charge is 0.183 e. The third kappa shape index (κ3) is 5.85. The van der Waals surface area contributed by atoms with Crippen LogP contribution in [0.15, 0.2) is 54.7 Å². The van der Waals surface area contributed by atoms with Gasteiger partial charge in [0.05, 0.1) is 11.7 Å². The Balaban J connectivity index is 2.23. The lowest BCUT2D eigenvalue weighted by atomic mass is 9.98. The molecule has 0 aliphatic heterocycles. The maximum absolute atomic E-state index is 6.18. The van der Waals surface area contributed by atoms with E-state index >= 15 is 0 Å². The van der Waals surface area contributed by atoms with E-state index in [4.69, 9.17) is 4.43 Å². The minimum Gasteiger partial charge on any atom is -0.416 e. The van der Waals surface area contributed by atoms with Crippen molar-refractivity contribution in [2.45, 2.75) is 45.6 Å². The lowest BCUT2D eigenvalue weighted by Gasteiger charge is -2.31. The fraction of sp³-hybridized carbons (Fsp3) is 0.450. The summed E-state index contributed by atoms with van der Waals surface area (Å²) in [5, 5.41) is 3.79. The summed E-state index contributed by atoms with van der Waals surface area (Å²) in [4.78, 5) is 4.58. The fourth-order valence-corrected chi connectivity index (χ4v) is 3.21. The van der Waals surface area contributed by atoms with Crippen LogP contribution in [0.3, 0.4) is 0 Å². The molecule has 0 saturated carbocycles. The van der Waals surface area contributed by atoms with Crippen LogP contribution in [-0.2, 0) is 4.43 Å². The quantitative estimate of drug-likeness (QED) is 0.710. The van der Waals surface area contributed by atoms with Crippen molar-refractivity contribution in [2.75, 3.05) is 6.61 Å². The highest BCUT2D eigenvalue weighted by molar-refractivity contribution is 6.69. The van der Waals surface area contributed by atoms with Crippen LogP contribution >= 0.6 is 0 Å². The van der Waals surface area contributed by atoms with Crippen LogP contribution in [0.4, 0.5) is 0 Å². The highest BCUT2D eigenvalue weighted by Crippen LogP contribution is 2.22. The molecular weight excluding hydrogens is 312 g/mol. The molecule has 130 valence electrons. The van der Waals surface area contributed by atoms with Gasteiger partial charge in [0.15, 0.2) is 8.32 Å². The Bertz CT molecular complexity index is 557. The third-order valence-corrected chi connectivity index (χ3v) is 5.03. The van der Waals surface area contributed by atoms with E-state index in [1.54, 1.807) is 0 Å². The van der Waals surface area contributed by atoms with Gasteiger partial charge in [-0.15, -0.1) is 0 Å². The summed E-state index contributed by atoms with van der Waals surface area (Å²) in [6, 6.07) is 17.0. The molecule has 1 heterocycles. The standard InChI is InChI=1S/C20H30N2OSi/c1-16(2)19(15-23-24(3,4)5)22-20(17-11-7-6-8-12-17)18-13-9-10-14-21-18/h6-14,16,19-20,22H,15H2,1-5H3/t19-,20+/m1/s1. The van der Waals surface area contributed by atoms with E-state index in [9.17, 15) is 0 Å². The van der Waals surface area contributed by atoms with Crippen LogP contribution in [0.2, 0.25) is 19.6 Å². The van der Waals surface area contributed by atoms with Crippen LogP contribution in [0, 0.1) is 5.92 Å². The summed E-state index contributed by atoms with van der Waals surface area (Å²) >= 11 is 0. The van der Waals surface area contributed by atoms with Gasteiger partial charge in [-0.2, -0.15) is 0 Å². The van der Waals surface area contributed by atoms with Crippen molar-refractivity contribution in [3.05, 3.63) is 66.0 Å². The number of nitrogens with one attached hydrogen (secondary N) is 1. The number of benzene rings is 1. The van der Waals surface area contributed by atoms with Crippen molar-refractivity contribution < 1.29 is 4.43 Å². The van der Waals surface area contributed by atoms with Gasteiger partial charge in [0.2, 0.25) is 0 Å². The van der Waals surface area contributed by atoms with E-state index in [0.717, 1.165) is 12.3 Å². The molecule has 0 bridgehead atoms. The zero-order valence-corrected chi connectivity index (χ0v) is 16.5. The molecule has 0 fully saturated rings. The Morgan fingerprint density at radius 1 is 1.00 bits per heavy atom. The van der Waals surface area contributed by atoms with Gasteiger partial charge in [0, 0.05) is 18.8 Å². The van der Waals surface area contributed by atoms with Crippen molar-refractivity contribution in [1.82, 2.24) is 10.3 Å². The zero-order chi connectivity index (χ0) is 17.6. The van der Waals surface area contributed by atoms with Gasteiger partial charge < -0.3 is 4.43 Å². The first-order chi connectivity index (χ1) is 11.4. The minimum absolute atomic E-state index is 0.0741. The molecule has 4 heteroatoms. The first-order valence-corrected chi connectivity index (χ1v) is 12.1. The predicted octanol–water partition coefficient (Wildman–Crippen LogP) is 4.64. The molecule has 0 aliphatic rings.